The zero-order valence-corrected chi connectivity index (χ0v) is 12.9. The zero-order valence-electron chi connectivity index (χ0n) is 11.3. The third kappa shape index (κ3) is 5.04. The van der Waals surface area contributed by atoms with Gasteiger partial charge in [-0.2, -0.15) is 18.4 Å². The van der Waals surface area contributed by atoms with Gasteiger partial charge in [0.15, 0.2) is 0 Å². The van der Waals surface area contributed by atoms with Crippen LogP contribution >= 0.6 is 15.9 Å². The fourth-order valence-corrected chi connectivity index (χ4v) is 2.15. The molecule has 110 valence electrons. The maximum atomic E-state index is 12.8. The van der Waals surface area contributed by atoms with Crippen LogP contribution in [-0.2, 0) is 6.18 Å². The van der Waals surface area contributed by atoms with E-state index in [0.717, 1.165) is 6.07 Å². The summed E-state index contributed by atoms with van der Waals surface area (Å²) in [6, 6.07) is 6.14. The summed E-state index contributed by atoms with van der Waals surface area (Å²) in [7, 11) is 0. The first-order valence-corrected chi connectivity index (χ1v) is 6.92. The van der Waals surface area contributed by atoms with Gasteiger partial charge in [-0.05, 0) is 30.0 Å². The molecule has 1 aromatic carbocycles. The molecule has 0 bridgehead atoms. The summed E-state index contributed by atoms with van der Waals surface area (Å²) in [6.07, 6.45) is -3.26. The van der Waals surface area contributed by atoms with E-state index in [2.05, 4.69) is 27.3 Å². The Morgan fingerprint density at radius 3 is 2.50 bits per heavy atom. The average Bonchev–Trinajstić information content (AvgIpc) is 2.34. The highest BCUT2D eigenvalue weighted by atomic mass is 79.9. The summed E-state index contributed by atoms with van der Waals surface area (Å²) in [5, 5.41) is 11.6. The maximum absolute atomic E-state index is 12.8. The number of halogens is 4. The van der Waals surface area contributed by atoms with Gasteiger partial charge in [-0.3, -0.25) is 0 Å². The summed E-state index contributed by atoms with van der Waals surface area (Å²) >= 11 is 2.91. The van der Waals surface area contributed by atoms with E-state index in [0.29, 0.717) is 25.1 Å². The Hall–Kier alpha value is -1.22. The number of nitriles is 1. The SMILES string of the molecule is CC(C)(CCC#N)CNc1ccc(Br)c(C(F)(F)F)c1. The summed E-state index contributed by atoms with van der Waals surface area (Å²) in [6.45, 7) is 4.45. The number of nitrogens with one attached hydrogen (secondary N) is 1. The number of alkyl halides is 3. The van der Waals surface area contributed by atoms with Crippen LogP contribution in [0, 0.1) is 16.7 Å². The number of rotatable bonds is 5. The van der Waals surface area contributed by atoms with Crippen LogP contribution in [0.3, 0.4) is 0 Å². The summed E-state index contributed by atoms with van der Waals surface area (Å²) in [5.41, 5.74) is -0.427. The van der Waals surface area contributed by atoms with Crippen LogP contribution in [0.4, 0.5) is 18.9 Å². The molecular formula is C14H16BrF3N2. The van der Waals surface area contributed by atoms with Crippen LogP contribution in [0.15, 0.2) is 22.7 Å². The predicted octanol–water partition coefficient (Wildman–Crippen LogP) is 5.21. The molecule has 0 aliphatic carbocycles. The lowest BCUT2D eigenvalue weighted by atomic mass is 9.88. The van der Waals surface area contributed by atoms with Crippen LogP contribution in [0.2, 0.25) is 0 Å². The first-order chi connectivity index (χ1) is 9.15. The van der Waals surface area contributed by atoms with E-state index in [1.807, 2.05) is 13.8 Å². The van der Waals surface area contributed by atoms with Crippen LogP contribution in [0.5, 0.6) is 0 Å². The highest BCUT2D eigenvalue weighted by Gasteiger charge is 2.33. The fourth-order valence-electron chi connectivity index (χ4n) is 1.68. The van der Waals surface area contributed by atoms with Crippen molar-refractivity contribution in [2.24, 2.45) is 5.41 Å². The van der Waals surface area contributed by atoms with Crippen molar-refractivity contribution in [2.45, 2.75) is 32.9 Å². The topological polar surface area (TPSA) is 35.8 Å². The number of anilines is 1. The van der Waals surface area contributed by atoms with Crippen LogP contribution < -0.4 is 5.32 Å². The molecule has 0 aliphatic heterocycles. The van der Waals surface area contributed by atoms with E-state index in [1.165, 1.54) is 6.07 Å². The van der Waals surface area contributed by atoms with Gasteiger partial charge in [-0.1, -0.05) is 29.8 Å². The van der Waals surface area contributed by atoms with Crippen molar-refractivity contribution in [2.75, 3.05) is 11.9 Å². The quantitative estimate of drug-likeness (QED) is 0.792. The second kappa shape index (κ2) is 6.49. The Morgan fingerprint density at radius 2 is 1.95 bits per heavy atom. The van der Waals surface area contributed by atoms with Crippen LogP contribution in [0.1, 0.15) is 32.3 Å². The molecule has 6 heteroatoms. The molecule has 1 N–H and O–H groups in total. The lowest BCUT2D eigenvalue weighted by Gasteiger charge is -2.24. The minimum atomic E-state index is -4.38. The first kappa shape index (κ1) is 16.8. The van der Waals surface area contributed by atoms with Gasteiger partial charge in [-0.25, -0.2) is 0 Å². The van der Waals surface area contributed by atoms with E-state index in [1.54, 1.807) is 6.07 Å². The molecule has 0 saturated carbocycles. The molecule has 0 unspecified atom stereocenters. The highest BCUT2D eigenvalue weighted by Crippen LogP contribution is 2.36. The van der Waals surface area contributed by atoms with Gasteiger partial charge in [0.2, 0.25) is 0 Å². The van der Waals surface area contributed by atoms with Crippen molar-refractivity contribution in [3.8, 4) is 6.07 Å². The third-order valence-electron chi connectivity index (χ3n) is 2.96. The molecule has 0 aromatic heterocycles. The average molecular weight is 349 g/mol. The summed E-state index contributed by atoms with van der Waals surface area (Å²) in [4.78, 5) is 0. The van der Waals surface area contributed by atoms with Crippen LogP contribution in [-0.4, -0.2) is 6.54 Å². The molecule has 0 radical (unpaired) electrons. The molecule has 1 aromatic rings. The Labute approximate surface area is 125 Å². The van der Waals surface area contributed by atoms with Crippen molar-refractivity contribution in [3.05, 3.63) is 28.2 Å². The smallest absolute Gasteiger partial charge is 0.384 e. The molecule has 0 saturated heterocycles. The molecule has 20 heavy (non-hydrogen) atoms. The molecular weight excluding hydrogens is 333 g/mol. The fraction of sp³-hybridized carbons (Fsp3) is 0.500. The zero-order chi connectivity index (χ0) is 15.4. The Balaban J connectivity index is 2.77. The largest absolute Gasteiger partial charge is 0.417 e. The van der Waals surface area contributed by atoms with Gasteiger partial charge in [0.1, 0.15) is 0 Å². The molecule has 2 nitrogen and oxygen atoms in total. The predicted molar refractivity (Wildman–Crippen MR) is 76.3 cm³/mol. The summed E-state index contributed by atoms with van der Waals surface area (Å²) < 4.78 is 38.4. The van der Waals surface area contributed by atoms with Gasteiger partial charge < -0.3 is 5.32 Å². The Morgan fingerprint density at radius 1 is 1.30 bits per heavy atom. The highest BCUT2D eigenvalue weighted by molar-refractivity contribution is 9.10. The maximum Gasteiger partial charge on any atom is 0.417 e. The van der Waals surface area contributed by atoms with Crippen molar-refractivity contribution >= 4 is 21.6 Å². The normalized spacial score (nSPS) is 12.1. The lowest BCUT2D eigenvalue weighted by molar-refractivity contribution is -0.138. The molecule has 0 amide bonds. The molecule has 0 aliphatic rings. The molecule has 0 spiro atoms. The molecule has 0 atom stereocenters. The monoisotopic (exact) mass is 348 g/mol. The van der Waals surface area contributed by atoms with Gasteiger partial charge in [0.25, 0.3) is 0 Å². The van der Waals surface area contributed by atoms with E-state index < -0.39 is 11.7 Å². The van der Waals surface area contributed by atoms with Gasteiger partial charge in [0.05, 0.1) is 11.6 Å². The van der Waals surface area contributed by atoms with E-state index >= 15 is 0 Å². The molecule has 1 rings (SSSR count). The van der Waals surface area contributed by atoms with Gasteiger partial charge >= 0.3 is 6.18 Å². The van der Waals surface area contributed by atoms with Crippen molar-refractivity contribution in [3.63, 3.8) is 0 Å². The molecule has 0 heterocycles. The van der Waals surface area contributed by atoms with E-state index in [-0.39, 0.29) is 9.89 Å². The number of hydrogen-bond donors (Lipinski definition) is 1. The number of hydrogen-bond acceptors (Lipinski definition) is 2. The Kier molecular flexibility index (Phi) is 5.46. The molecule has 0 fully saturated rings. The second-order valence-corrected chi connectivity index (χ2v) is 6.22. The third-order valence-corrected chi connectivity index (χ3v) is 3.65. The van der Waals surface area contributed by atoms with Crippen LogP contribution in [0.25, 0.3) is 0 Å². The summed E-state index contributed by atoms with van der Waals surface area (Å²) in [5.74, 6) is 0. The van der Waals surface area contributed by atoms with E-state index in [9.17, 15) is 13.2 Å². The second-order valence-electron chi connectivity index (χ2n) is 5.37. The van der Waals surface area contributed by atoms with Gasteiger partial charge in [-0.15, -0.1) is 0 Å². The van der Waals surface area contributed by atoms with Crippen molar-refractivity contribution < 1.29 is 13.2 Å². The first-order valence-electron chi connectivity index (χ1n) is 6.13. The van der Waals surface area contributed by atoms with Gasteiger partial charge in [0, 0.05) is 23.1 Å². The standard InChI is InChI=1S/C14H16BrF3N2/c1-13(2,6-3-7-19)9-20-10-4-5-12(15)11(8-10)14(16,17)18/h4-5,8,20H,3,6,9H2,1-2H3. The number of benzene rings is 1. The van der Waals surface area contributed by atoms with E-state index in [4.69, 9.17) is 5.26 Å². The van der Waals surface area contributed by atoms with Crippen molar-refractivity contribution in [1.82, 2.24) is 0 Å². The Bertz CT molecular complexity index is 504. The van der Waals surface area contributed by atoms with Crippen molar-refractivity contribution in [1.29, 1.82) is 5.26 Å². The minimum absolute atomic E-state index is 0.0271. The lowest BCUT2D eigenvalue weighted by Crippen LogP contribution is -2.23. The minimum Gasteiger partial charge on any atom is -0.384 e. The number of nitrogens with zero attached hydrogens (tertiary/aromatic N) is 1.